The molecule has 0 saturated carbocycles. The minimum absolute atomic E-state index is 0.153. The normalized spacial score (nSPS) is 10.4. The number of hydrogen-bond acceptors (Lipinski definition) is 4. The maximum absolute atomic E-state index is 10.5. The highest BCUT2D eigenvalue weighted by Crippen LogP contribution is 2.34. The highest BCUT2D eigenvalue weighted by molar-refractivity contribution is 9.11. The van der Waals surface area contributed by atoms with E-state index < -0.39 is 5.91 Å². The molecule has 0 aliphatic rings. The van der Waals surface area contributed by atoms with E-state index in [0.717, 1.165) is 20.3 Å². The fourth-order valence-corrected chi connectivity index (χ4v) is 2.76. The molecular weight excluding hydrogens is 368 g/mol. The highest BCUT2D eigenvalue weighted by atomic mass is 79.9. The Hall–Kier alpha value is -0.630. The highest BCUT2D eigenvalue weighted by Gasteiger charge is 2.08. The number of hydroxylamine groups is 1. The molecule has 100 valence electrons. The number of nitrogens with one attached hydrogen (secondary N) is 1. The largest absolute Gasteiger partial charge is 0.492 e. The summed E-state index contributed by atoms with van der Waals surface area (Å²) in [7, 11) is 0. The fraction of sp³-hybridized carbons (Fsp3) is 0.364. The van der Waals surface area contributed by atoms with Crippen LogP contribution < -0.4 is 16.0 Å². The van der Waals surface area contributed by atoms with Gasteiger partial charge >= 0.3 is 0 Å². The summed E-state index contributed by atoms with van der Waals surface area (Å²) in [5.41, 5.74) is 8.57. The van der Waals surface area contributed by atoms with E-state index in [1.165, 1.54) is 0 Å². The van der Waals surface area contributed by atoms with Crippen LogP contribution in [-0.4, -0.2) is 19.1 Å². The fourth-order valence-electron chi connectivity index (χ4n) is 1.25. The van der Waals surface area contributed by atoms with E-state index in [0.29, 0.717) is 13.2 Å². The molecule has 0 spiro atoms. The van der Waals surface area contributed by atoms with Crippen LogP contribution in [0.25, 0.3) is 0 Å². The summed E-state index contributed by atoms with van der Waals surface area (Å²) in [6.45, 7) is 2.82. The summed E-state index contributed by atoms with van der Waals surface area (Å²) in [5.74, 6) is 0.246. The van der Waals surface area contributed by atoms with Gasteiger partial charge < -0.3 is 10.5 Å². The predicted molar refractivity (Wildman–Crippen MR) is 75.0 cm³/mol. The predicted octanol–water partition coefficient (Wildman–Crippen LogP) is 2.12. The van der Waals surface area contributed by atoms with Crippen molar-refractivity contribution in [3.05, 3.63) is 26.6 Å². The molecule has 0 saturated heterocycles. The number of primary amides is 1. The van der Waals surface area contributed by atoms with Crippen molar-refractivity contribution in [1.82, 2.24) is 5.48 Å². The number of ether oxygens (including phenoxy) is 1. The van der Waals surface area contributed by atoms with Crippen molar-refractivity contribution >= 4 is 37.8 Å². The first kappa shape index (κ1) is 15.4. The average Bonchev–Trinajstić information content (AvgIpc) is 2.29. The monoisotopic (exact) mass is 380 g/mol. The third kappa shape index (κ3) is 4.93. The lowest BCUT2D eigenvalue weighted by Crippen LogP contribution is -2.24. The number of rotatable bonds is 7. The molecule has 0 atom stereocenters. The van der Waals surface area contributed by atoms with Crippen LogP contribution >= 0.6 is 31.9 Å². The first-order valence-electron chi connectivity index (χ1n) is 5.28. The van der Waals surface area contributed by atoms with Crippen LogP contribution in [0.1, 0.15) is 12.5 Å². The van der Waals surface area contributed by atoms with E-state index in [9.17, 15) is 4.79 Å². The van der Waals surface area contributed by atoms with E-state index in [2.05, 4.69) is 37.3 Å². The van der Waals surface area contributed by atoms with Crippen molar-refractivity contribution in [2.45, 2.75) is 13.5 Å². The number of carbonyl (C=O) groups is 1. The second kappa shape index (κ2) is 7.73. The molecule has 1 amide bonds. The quantitative estimate of drug-likeness (QED) is 0.560. The van der Waals surface area contributed by atoms with Crippen LogP contribution in [0.3, 0.4) is 0 Å². The van der Waals surface area contributed by atoms with Crippen molar-refractivity contribution in [2.24, 2.45) is 5.73 Å². The van der Waals surface area contributed by atoms with Gasteiger partial charge in [-0.1, -0.05) is 0 Å². The van der Waals surface area contributed by atoms with Gasteiger partial charge in [0.1, 0.15) is 12.4 Å². The Balaban J connectivity index is 2.60. The van der Waals surface area contributed by atoms with Gasteiger partial charge in [0.2, 0.25) is 5.91 Å². The second-order valence-corrected chi connectivity index (χ2v) is 5.11. The van der Waals surface area contributed by atoms with Crippen molar-refractivity contribution < 1.29 is 14.4 Å². The van der Waals surface area contributed by atoms with Gasteiger partial charge in [-0.2, -0.15) is 5.48 Å². The van der Waals surface area contributed by atoms with Crippen LogP contribution in [0.5, 0.6) is 5.75 Å². The van der Waals surface area contributed by atoms with Gasteiger partial charge in [0, 0.05) is 6.54 Å². The standard InChI is InChI=1S/C11H14Br2N2O3/c1-2-17-11-8(12)3-7(4-9(11)13)5-15-18-6-10(14)16/h3-4,15H,2,5-6H2,1H3,(H2,14,16). The Morgan fingerprint density at radius 3 is 2.50 bits per heavy atom. The minimum Gasteiger partial charge on any atom is -0.492 e. The smallest absolute Gasteiger partial charge is 0.245 e. The van der Waals surface area contributed by atoms with Crippen LogP contribution in [0.15, 0.2) is 21.1 Å². The Labute approximate surface area is 122 Å². The van der Waals surface area contributed by atoms with E-state index in [1.807, 2.05) is 19.1 Å². The molecule has 1 aromatic carbocycles. The molecule has 0 heterocycles. The summed E-state index contributed by atoms with van der Waals surface area (Å²) in [6, 6.07) is 3.83. The molecule has 0 radical (unpaired) electrons. The third-order valence-electron chi connectivity index (χ3n) is 1.94. The van der Waals surface area contributed by atoms with Crippen LogP contribution in [0.2, 0.25) is 0 Å². The van der Waals surface area contributed by atoms with Gasteiger partial charge in [-0.05, 0) is 56.5 Å². The van der Waals surface area contributed by atoms with Gasteiger partial charge in [0.05, 0.1) is 15.6 Å². The van der Waals surface area contributed by atoms with E-state index in [-0.39, 0.29) is 6.61 Å². The van der Waals surface area contributed by atoms with Gasteiger partial charge in [0.15, 0.2) is 0 Å². The minimum atomic E-state index is -0.517. The lowest BCUT2D eigenvalue weighted by atomic mass is 10.2. The molecule has 0 bridgehead atoms. The number of hydrogen-bond donors (Lipinski definition) is 2. The van der Waals surface area contributed by atoms with Crippen LogP contribution in [-0.2, 0) is 16.2 Å². The first-order chi connectivity index (χ1) is 8.54. The summed E-state index contributed by atoms with van der Waals surface area (Å²) < 4.78 is 7.18. The zero-order valence-electron chi connectivity index (χ0n) is 9.83. The number of amides is 1. The lowest BCUT2D eigenvalue weighted by Gasteiger charge is -2.11. The van der Waals surface area contributed by atoms with Crippen molar-refractivity contribution in [1.29, 1.82) is 0 Å². The van der Waals surface area contributed by atoms with E-state index in [4.69, 9.17) is 15.3 Å². The SMILES string of the molecule is CCOc1c(Br)cc(CNOCC(N)=O)cc1Br. The molecule has 0 aliphatic carbocycles. The summed E-state index contributed by atoms with van der Waals surface area (Å²) >= 11 is 6.87. The summed E-state index contributed by atoms with van der Waals surface area (Å²) in [5, 5.41) is 0. The molecule has 0 aliphatic heterocycles. The Bertz CT molecular complexity index is 404. The lowest BCUT2D eigenvalue weighted by molar-refractivity contribution is -0.125. The Kier molecular flexibility index (Phi) is 6.62. The van der Waals surface area contributed by atoms with E-state index in [1.54, 1.807) is 0 Å². The molecule has 0 fully saturated rings. The van der Waals surface area contributed by atoms with Crippen molar-refractivity contribution in [3.63, 3.8) is 0 Å². The number of halogens is 2. The van der Waals surface area contributed by atoms with Crippen molar-refractivity contribution in [2.75, 3.05) is 13.2 Å². The molecule has 1 aromatic rings. The van der Waals surface area contributed by atoms with Crippen molar-refractivity contribution in [3.8, 4) is 5.75 Å². The molecule has 5 nitrogen and oxygen atoms in total. The topological polar surface area (TPSA) is 73.6 Å². The number of nitrogens with two attached hydrogens (primary N) is 1. The van der Waals surface area contributed by atoms with Gasteiger partial charge in [0.25, 0.3) is 0 Å². The Morgan fingerprint density at radius 1 is 1.39 bits per heavy atom. The van der Waals surface area contributed by atoms with Crippen LogP contribution in [0, 0.1) is 0 Å². The van der Waals surface area contributed by atoms with E-state index >= 15 is 0 Å². The van der Waals surface area contributed by atoms with Crippen LogP contribution in [0.4, 0.5) is 0 Å². The number of benzene rings is 1. The molecule has 3 N–H and O–H groups in total. The van der Waals surface area contributed by atoms with Gasteiger partial charge in [-0.15, -0.1) is 0 Å². The number of carbonyl (C=O) groups excluding carboxylic acids is 1. The van der Waals surface area contributed by atoms with Gasteiger partial charge in [-0.25, -0.2) is 0 Å². The summed E-state index contributed by atoms with van der Waals surface area (Å²) in [4.78, 5) is 15.3. The zero-order chi connectivity index (χ0) is 13.5. The molecule has 1 rings (SSSR count). The molecular formula is C11H14Br2N2O3. The molecule has 0 aromatic heterocycles. The summed E-state index contributed by atoms with van der Waals surface area (Å²) in [6.07, 6.45) is 0. The molecule has 0 unspecified atom stereocenters. The average molecular weight is 382 g/mol. The maximum Gasteiger partial charge on any atom is 0.245 e. The second-order valence-electron chi connectivity index (χ2n) is 3.40. The first-order valence-corrected chi connectivity index (χ1v) is 6.86. The third-order valence-corrected chi connectivity index (χ3v) is 3.12. The molecule has 7 heteroatoms. The zero-order valence-corrected chi connectivity index (χ0v) is 13.0. The molecule has 18 heavy (non-hydrogen) atoms. The van der Waals surface area contributed by atoms with Gasteiger partial charge in [-0.3, -0.25) is 9.63 Å². The maximum atomic E-state index is 10.5. The Morgan fingerprint density at radius 2 is 2.00 bits per heavy atom.